The van der Waals surface area contributed by atoms with Crippen LogP contribution in [0, 0.1) is 0 Å². The van der Waals surface area contributed by atoms with Gasteiger partial charge < -0.3 is 15.5 Å². The third-order valence-electron chi connectivity index (χ3n) is 5.51. The van der Waals surface area contributed by atoms with Crippen LogP contribution >= 0.6 is 0 Å². The predicted octanol–water partition coefficient (Wildman–Crippen LogP) is 2.39. The normalized spacial score (nSPS) is 21.9. The van der Waals surface area contributed by atoms with Gasteiger partial charge in [0.15, 0.2) is 5.96 Å². The van der Waals surface area contributed by atoms with Gasteiger partial charge in [-0.25, -0.2) is 0 Å². The Balaban J connectivity index is 1.46. The molecule has 1 unspecified atom stereocenters. The number of guanidine groups is 1. The number of hydrogen-bond acceptors (Lipinski definition) is 3. The molecule has 2 fully saturated rings. The first kappa shape index (κ1) is 18.1. The van der Waals surface area contributed by atoms with Crippen LogP contribution in [0.1, 0.15) is 32.6 Å². The molecule has 1 aromatic rings. The van der Waals surface area contributed by atoms with E-state index in [0.29, 0.717) is 6.04 Å². The van der Waals surface area contributed by atoms with Gasteiger partial charge in [-0.1, -0.05) is 31.0 Å². The molecule has 2 N–H and O–H groups in total. The van der Waals surface area contributed by atoms with E-state index in [0.717, 1.165) is 51.8 Å². The van der Waals surface area contributed by atoms with Gasteiger partial charge in [-0.3, -0.25) is 9.89 Å². The van der Waals surface area contributed by atoms with Gasteiger partial charge in [-0.2, -0.15) is 0 Å². The van der Waals surface area contributed by atoms with Crippen molar-refractivity contribution >= 4 is 11.6 Å². The Kier molecular flexibility index (Phi) is 6.56. The van der Waals surface area contributed by atoms with Crippen molar-refractivity contribution in [3.05, 3.63) is 30.3 Å². The first-order valence-corrected chi connectivity index (χ1v) is 9.83. The van der Waals surface area contributed by atoms with Crippen LogP contribution in [-0.4, -0.2) is 67.6 Å². The Morgan fingerprint density at radius 3 is 2.24 bits per heavy atom. The lowest BCUT2D eigenvalue weighted by molar-refractivity contribution is 0.201. The van der Waals surface area contributed by atoms with E-state index in [1.807, 2.05) is 0 Å². The molecule has 5 heteroatoms. The zero-order valence-corrected chi connectivity index (χ0v) is 15.6. The Labute approximate surface area is 152 Å². The molecule has 0 bridgehead atoms. The van der Waals surface area contributed by atoms with Crippen molar-refractivity contribution < 1.29 is 0 Å². The molecule has 1 aromatic carbocycles. The zero-order chi connectivity index (χ0) is 17.5. The number of para-hydroxylation sites is 1. The van der Waals surface area contributed by atoms with Crippen LogP contribution in [0.5, 0.6) is 0 Å². The van der Waals surface area contributed by atoms with E-state index in [1.54, 1.807) is 0 Å². The highest BCUT2D eigenvalue weighted by molar-refractivity contribution is 5.78. The van der Waals surface area contributed by atoms with Crippen molar-refractivity contribution in [1.82, 2.24) is 9.80 Å². The standard InChI is InChI=1S/C20H33N5/c1-18(17-22-20(21)25-11-7-2-3-8-12-25)23-13-15-24(16-14-23)19-9-5-4-6-10-19/h4-6,9-10,18H,2-3,7-8,11-17H2,1H3,(H2,21,22). The summed E-state index contributed by atoms with van der Waals surface area (Å²) in [6.07, 6.45) is 5.14. The molecule has 2 aliphatic rings. The third kappa shape index (κ3) is 5.11. The molecule has 138 valence electrons. The number of anilines is 1. The highest BCUT2D eigenvalue weighted by atomic mass is 15.3. The van der Waals surface area contributed by atoms with Crippen molar-refractivity contribution in [2.75, 3.05) is 50.7 Å². The van der Waals surface area contributed by atoms with Crippen LogP contribution in [0.25, 0.3) is 0 Å². The van der Waals surface area contributed by atoms with Gasteiger partial charge >= 0.3 is 0 Å². The smallest absolute Gasteiger partial charge is 0.191 e. The lowest BCUT2D eigenvalue weighted by Gasteiger charge is -2.38. The maximum absolute atomic E-state index is 6.24. The highest BCUT2D eigenvalue weighted by Gasteiger charge is 2.21. The fourth-order valence-corrected chi connectivity index (χ4v) is 3.80. The van der Waals surface area contributed by atoms with Crippen molar-refractivity contribution in [2.45, 2.75) is 38.6 Å². The topological polar surface area (TPSA) is 48.1 Å². The molecule has 0 radical (unpaired) electrons. The second-order valence-corrected chi connectivity index (χ2v) is 7.31. The van der Waals surface area contributed by atoms with Crippen molar-refractivity contribution in [3.63, 3.8) is 0 Å². The molecule has 0 saturated carbocycles. The van der Waals surface area contributed by atoms with Crippen LogP contribution in [0.4, 0.5) is 5.69 Å². The summed E-state index contributed by atoms with van der Waals surface area (Å²) in [6.45, 7) is 9.56. The summed E-state index contributed by atoms with van der Waals surface area (Å²) in [6, 6.07) is 11.2. The summed E-state index contributed by atoms with van der Waals surface area (Å²) in [4.78, 5) is 12.0. The number of likely N-dealkylation sites (tertiary alicyclic amines) is 1. The fraction of sp³-hybridized carbons (Fsp3) is 0.650. The van der Waals surface area contributed by atoms with Crippen LogP contribution in [0.3, 0.4) is 0 Å². The van der Waals surface area contributed by atoms with E-state index < -0.39 is 0 Å². The summed E-state index contributed by atoms with van der Waals surface area (Å²) < 4.78 is 0. The molecule has 0 spiro atoms. The molecule has 0 amide bonds. The number of rotatable bonds is 4. The largest absolute Gasteiger partial charge is 0.370 e. The number of aliphatic imine (C=N–C) groups is 1. The second kappa shape index (κ2) is 9.09. The van der Waals surface area contributed by atoms with Crippen molar-refractivity contribution in [2.24, 2.45) is 10.7 Å². The Hall–Kier alpha value is -1.75. The minimum absolute atomic E-state index is 0.448. The molecule has 2 heterocycles. The molecule has 5 nitrogen and oxygen atoms in total. The molecule has 0 aliphatic carbocycles. The van der Waals surface area contributed by atoms with Gasteiger partial charge in [-0.15, -0.1) is 0 Å². The number of hydrogen-bond donors (Lipinski definition) is 1. The Morgan fingerprint density at radius 2 is 1.60 bits per heavy atom. The molecule has 1 atom stereocenters. The van der Waals surface area contributed by atoms with Crippen LogP contribution in [-0.2, 0) is 0 Å². The van der Waals surface area contributed by atoms with Crippen molar-refractivity contribution in [1.29, 1.82) is 0 Å². The fourth-order valence-electron chi connectivity index (χ4n) is 3.80. The minimum Gasteiger partial charge on any atom is -0.370 e. The number of piperazine rings is 1. The lowest BCUT2D eigenvalue weighted by atomic mass is 10.2. The first-order valence-electron chi connectivity index (χ1n) is 9.83. The van der Waals surface area contributed by atoms with E-state index in [9.17, 15) is 0 Å². The van der Waals surface area contributed by atoms with E-state index in [4.69, 9.17) is 10.7 Å². The first-order chi connectivity index (χ1) is 12.2. The second-order valence-electron chi connectivity index (χ2n) is 7.31. The summed E-state index contributed by atoms with van der Waals surface area (Å²) in [7, 11) is 0. The highest BCUT2D eigenvalue weighted by Crippen LogP contribution is 2.16. The van der Waals surface area contributed by atoms with Crippen molar-refractivity contribution in [3.8, 4) is 0 Å². The van der Waals surface area contributed by atoms with E-state index in [2.05, 4.69) is 52.0 Å². The molecule has 25 heavy (non-hydrogen) atoms. The summed E-state index contributed by atoms with van der Waals surface area (Å²) in [5, 5.41) is 0. The van der Waals surface area contributed by atoms with Gasteiger partial charge in [-0.05, 0) is 31.9 Å². The molecular weight excluding hydrogens is 310 g/mol. The number of nitrogens with two attached hydrogens (primary N) is 1. The third-order valence-corrected chi connectivity index (χ3v) is 5.51. The van der Waals surface area contributed by atoms with Crippen LogP contribution in [0.2, 0.25) is 0 Å². The molecule has 0 aromatic heterocycles. The summed E-state index contributed by atoms with van der Waals surface area (Å²) >= 11 is 0. The van der Waals surface area contributed by atoms with Gasteiger partial charge in [0.05, 0.1) is 6.54 Å². The average molecular weight is 344 g/mol. The van der Waals surface area contributed by atoms with E-state index >= 15 is 0 Å². The lowest BCUT2D eigenvalue weighted by Crippen LogP contribution is -2.50. The summed E-state index contributed by atoms with van der Waals surface area (Å²) in [5.41, 5.74) is 7.57. The van der Waals surface area contributed by atoms with Gasteiger partial charge in [0.25, 0.3) is 0 Å². The maximum atomic E-state index is 6.24. The molecule has 2 aliphatic heterocycles. The number of benzene rings is 1. The van der Waals surface area contributed by atoms with Crippen LogP contribution in [0.15, 0.2) is 35.3 Å². The molecular formula is C20H33N5. The van der Waals surface area contributed by atoms with Crippen LogP contribution < -0.4 is 10.6 Å². The van der Waals surface area contributed by atoms with E-state index in [-0.39, 0.29) is 0 Å². The quantitative estimate of drug-likeness (QED) is 0.674. The maximum Gasteiger partial charge on any atom is 0.191 e. The Morgan fingerprint density at radius 1 is 0.960 bits per heavy atom. The average Bonchev–Trinajstić information content (AvgIpc) is 2.96. The summed E-state index contributed by atoms with van der Waals surface area (Å²) in [5.74, 6) is 0.747. The minimum atomic E-state index is 0.448. The van der Waals surface area contributed by atoms with Gasteiger partial charge in [0, 0.05) is 51.0 Å². The zero-order valence-electron chi connectivity index (χ0n) is 15.6. The molecule has 3 rings (SSSR count). The van der Waals surface area contributed by atoms with E-state index in [1.165, 1.54) is 31.4 Å². The Bertz CT molecular complexity index is 528. The monoisotopic (exact) mass is 343 g/mol. The number of nitrogens with zero attached hydrogens (tertiary/aromatic N) is 4. The van der Waals surface area contributed by atoms with Gasteiger partial charge in [0.1, 0.15) is 0 Å². The SMILES string of the molecule is CC(CN=C(N)N1CCCCCC1)N1CCN(c2ccccc2)CC1. The molecule has 2 saturated heterocycles. The predicted molar refractivity (Wildman–Crippen MR) is 106 cm³/mol. The van der Waals surface area contributed by atoms with Gasteiger partial charge in [0.2, 0.25) is 0 Å².